The summed E-state index contributed by atoms with van der Waals surface area (Å²) in [5, 5.41) is 17.1. The maximum absolute atomic E-state index is 10.9. The molecule has 0 aromatic carbocycles. The van der Waals surface area contributed by atoms with E-state index < -0.39 is 20.1 Å². The average Bonchev–Trinajstić information content (AvgIpc) is 2.60. The van der Waals surface area contributed by atoms with E-state index in [0.29, 0.717) is 12.8 Å². The molecule has 0 saturated heterocycles. The Hall–Kier alpha value is 0.160. The second-order valence-corrected chi connectivity index (χ2v) is 6.10. The summed E-state index contributed by atoms with van der Waals surface area (Å²) in [4.78, 5) is 0. The molecule has 0 bridgehead atoms. The van der Waals surface area contributed by atoms with Crippen LogP contribution in [0.3, 0.4) is 0 Å². The van der Waals surface area contributed by atoms with E-state index in [-0.39, 0.29) is 12.8 Å². The van der Waals surface area contributed by atoms with Crippen molar-refractivity contribution in [1.82, 2.24) is 0 Å². The van der Waals surface area contributed by atoms with Crippen LogP contribution in [0.4, 0.5) is 0 Å². The lowest BCUT2D eigenvalue weighted by Crippen LogP contribution is -2.20. The Bertz CT molecular complexity index is 255. The monoisotopic (exact) mass is 214 g/mol. The zero-order valence-corrected chi connectivity index (χ0v) is 7.98. The number of hydrogen-bond acceptors (Lipinski definition) is 4. The van der Waals surface area contributed by atoms with Crippen LogP contribution in [0, 0.1) is 0 Å². The number of halogens is 1. The predicted octanol–water partition coefficient (Wildman–Crippen LogP) is 0.179. The van der Waals surface area contributed by atoms with Gasteiger partial charge in [0.05, 0.1) is 4.75 Å². The fraction of sp³-hybridized carbons (Fsp3) is 1.00. The first-order valence-corrected chi connectivity index (χ1v) is 5.99. The predicted molar refractivity (Wildman–Crippen MR) is 44.2 cm³/mol. The molecule has 4 nitrogen and oxygen atoms in total. The van der Waals surface area contributed by atoms with Gasteiger partial charge in [0.15, 0.2) is 6.29 Å². The summed E-state index contributed by atoms with van der Waals surface area (Å²) in [6.07, 6.45) is -0.0829. The van der Waals surface area contributed by atoms with Gasteiger partial charge in [0, 0.05) is 10.7 Å². The first-order valence-electron chi connectivity index (χ1n) is 3.68. The Kier molecular flexibility index (Phi) is 2.68. The minimum Gasteiger partial charge on any atom is -0.368 e. The van der Waals surface area contributed by atoms with Crippen molar-refractivity contribution in [3.8, 4) is 0 Å². The van der Waals surface area contributed by atoms with Gasteiger partial charge < -0.3 is 10.2 Å². The van der Waals surface area contributed by atoms with Crippen molar-refractivity contribution < 1.29 is 18.6 Å². The molecule has 1 rings (SSSR count). The lowest BCUT2D eigenvalue weighted by atomic mass is 10.2. The van der Waals surface area contributed by atoms with Crippen molar-refractivity contribution in [1.29, 1.82) is 0 Å². The Morgan fingerprint density at radius 1 is 1.42 bits per heavy atom. The third-order valence-corrected chi connectivity index (χ3v) is 4.81. The Morgan fingerprint density at radius 2 is 1.92 bits per heavy atom. The molecule has 0 unspecified atom stereocenters. The summed E-state index contributed by atoms with van der Waals surface area (Å²) in [5.74, 6) is 0. The van der Waals surface area contributed by atoms with Crippen LogP contribution in [0.5, 0.6) is 0 Å². The van der Waals surface area contributed by atoms with Crippen LogP contribution in [0.15, 0.2) is 0 Å². The molecule has 0 aromatic rings. The molecule has 72 valence electrons. The van der Waals surface area contributed by atoms with Crippen LogP contribution < -0.4 is 0 Å². The van der Waals surface area contributed by atoms with Gasteiger partial charge >= 0.3 is 0 Å². The number of aliphatic hydroxyl groups is 2. The Morgan fingerprint density at radius 3 is 2.17 bits per heavy atom. The topological polar surface area (TPSA) is 74.6 Å². The molecule has 1 fully saturated rings. The van der Waals surface area contributed by atoms with Crippen molar-refractivity contribution >= 4 is 19.7 Å². The highest BCUT2D eigenvalue weighted by molar-refractivity contribution is 8.15. The molecule has 1 aliphatic rings. The molecule has 12 heavy (non-hydrogen) atoms. The number of hydrogen-bond donors (Lipinski definition) is 2. The highest BCUT2D eigenvalue weighted by Gasteiger charge is 2.53. The maximum atomic E-state index is 10.9. The summed E-state index contributed by atoms with van der Waals surface area (Å²) in [7, 11) is 1.64. The van der Waals surface area contributed by atoms with Gasteiger partial charge in [-0.3, -0.25) is 0 Å². The SMILES string of the molecule is O=S(=O)(Cl)C1(CCC(O)O)CC1. The summed E-state index contributed by atoms with van der Waals surface area (Å²) in [5.41, 5.74) is 0. The van der Waals surface area contributed by atoms with Gasteiger partial charge in [-0.25, -0.2) is 8.42 Å². The average molecular weight is 215 g/mol. The van der Waals surface area contributed by atoms with Crippen LogP contribution in [-0.2, 0) is 9.05 Å². The van der Waals surface area contributed by atoms with E-state index in [1.807, 2.05) is 0 Å². The summed E-state index contributed by atoms with van der Waals surface area (Å²) in [6.45, 7) is 0. The van der Waals surface area contributed by atoms with Crippen molar-refractivity contribution in [2.45, 2.75) is 36.7 Å². The molecule has 6 heteroatoms. The second kappa shape index (κ2) is 3.14. The minimum atomic E-state index is -3.54. The van der Waals surface area contributed by atoms with Crippen LogP contribution in [0.1, 0.15) is 25.7 Å². The molecule has 0 spiro atoms. The third kappa shape index (κ3) is 2.10. The zero-order chi connectivity index (χ0) is 9.41. The van der Waals surface area contributed by atoms with E-state index in [0.717, 1.165) is 0 Å². The molecule has 0 atom stereocenters. The van der Waals surface area contributed by atoms with E-state index in [2.05, 4.69) is 0 Å². The van der Waals surface area contributed by atoms with E-state index >= 15 is 0 Å². The Balaban J connectivity index is 2.52. The molecule has 1 saturated carbocycles. The minimum absolute atomic E-state index is 0.0615. The highest BCUT2D eigenvalue weighted by Crippen LogP contribution is 2.49. The van der Waals surface area contributed by atoms with Crippen LogP contribution in [-0.4, -0.2) is 29.7 Å². The molecular formula is C6H11ClO4S. The molecule has 1 aliphatic carbocycles. The van der Waals surface area contributed by atoms with Gasteiger partial charge in [-0.1, -0.05) is 0 Å². The van der Waals surface area contributed by atoms with Crippen LogP contribution >= 0.6 is 10.7 Å². The molecule has 2 N–H and O–H groups in total. The fourth-order valence-corrected chi connectivity index (χ4v) is 2.79. The van der Waals surface area contributed by atoms with Gasteiger partial charge in [0.1, 0.15) is 0 Å². The van der Waals surface area contributed by atoms with Crippen molar-refractivity contribution in [2.24, 2.45) is 0 Å². The van der Waals surface area contributed by atoms with E-state index in [1.165, 1.54) is 0 Å². The van der Waals surface area contributed by atoms with Crippen molar-refractivity contribution in [3.05, 3.63) is 0 Å². The standard InChI is InChI=1S/C6H11ClO4S/c7-12(10,11)6(3-4-6)2-1-5(8)9/h5,8-9H,1-4H2. The van der Waals surface area contributed by atoms with E-state index in [4.69, 9.17) is 20.9 Å². The molecule has 0 amide bonds. The normalized spacial score (nSPS) is 21.3. The van der Waals surface area contributed by atoms with Crippen molar-refractivity contribution in [2.75, 3.05) is 0 Å². The second-order valence-electron chi connectivity index (χ2n) is 3.14. The molecule has 0 radical (unpaired) electrons. The first kappa shape index (κ1) is 10.2. The lowest BCUT2D eigenvalue weighted by molar-refractivity contribution is -0.0466. The van der Waals surface area contributed by atoms with E-state index in [9.17, 15) is 8.42 Å². The summed E-state index contributed by atoms with van der Waals surface area (Å²) >= 11 is 0. The van der Waals surface area contributed by atoms with Crippen molar-refractivity contribution in [3.63, 3.8) is 0 Å². The summed E-state index contributed by atoms with van der Waals surface area (Å²) < 4.78 is 21.0. The molecule has 0 heterocycles. The third-order valence-electron chi connectivity index (χ3n) is 2.18. The smallest absolute Gasteiger partial charge is 0.238 e. The highest BCUT2D eigenvalue weighted by atomic mass is 35.7. The lowest BCUT2D eigenvalue weighted by Gasteiger charge is -2.11. The summed E-state index contributed by atoms with van der Waals surface area (Å²) in [6, 6.07) is 0. The van der Waals surface area contributed by atoms with Gasteiger partial charge in [0.2, 0.25) is 9.05 Å². The fourth-order valence-electron chi connectivity index (χ4n) is 1.15. The van der Waals surface area contributed by atoms with Crippen LogP contribution in [0.25, 0.3) is 0 Å². The van der Waals surface area contributed by atoms with Gasteiger partial charge in [0.25, 0.3) is 0 Å². The molecular weight excluding hydrogens is 204 g/mol. The van der Waals surface area contributed by atoms with Gasteiger partial charge in [-0.05, 0) is 25.7 Å². The zero-order valence-electron chi connectivity index (χ0n) is 6.40. The first-order chi connectivity index (χ1) is 5.37. The largest absolute Gasteiger partial charge is 0.368 e. The maximum Gasteiger partial charge on any atom is 0.238 e. The van der Waals surface area contributed by atoms with Gasteiger partial charge in [-0.15, -0.1) is 0 Å². The quantitative estimate of drug-likeness (QED) is 0.517. The van der Waals surface area contributed by atoms with Gasteiger partial charge in [-0.2, -0.15) is 0 Å². The van der Waals surface area contributed by atoms with Crippen LogP contribution in [0.2, 0.25) is 0 Å². The van der Waals surface area contributed by atoms with E-state index in [1.54, 1.807) is 0 Å². The molecule has 0 aromatic heterocycles. The number of aliphatic hydroxyl groups excluding tert-OH is 1. The Labute approximate surface area is 75.6 Å². The number of rotatable bonds is 4. The molecule has 0 aliphatic heterocycles.